The van der Waals surface area contributed by atoms with Gasteiger partial charge in [-0.25, -0.2) is 0 Å². The molecule has 0 saturated carbocycles. The molecule has 2 unspecified atom stereocenters. The normalized spacial score (nSPS) is 14.0. The van der Waals surface area contributed by atoms with Crippen molar-refractivity contribution in [1.82, 2.24) is 0 Å². The van der Waals surface area contributed by atoms with Crippen molar-refractivity contribution in [3.8, 4) is 0 Å². The van der Waals surface area contributed by atoms with Gasteiger partial charge in [-0.2, -0.15) is 13.2 Å². The molecule has 2 aromatic carbocycles. The first-order valence-corrected chi connectivity index (χ1v) is 8.27. The van der Waals surface area contributed by atoms with Crippen LogP contribution in [0.1, 0.15) is 35.1 Å². The molecular formula is C20H22F3NO2. The highest BCUT2D eigenvalue weighted by molar-refractivity contribution is 5.82. The number of alkyl halides is 3. The van der Waals surface area contributed by atoms with E-state index >= 15 is 0 Å². The molecule has 0 aliphatic carbocycles. The zero-order valence-corrected chi connectivity index (χ0v) is 14.7. The van der Waals surface area contributed by atoms with E-state index in [2.05, 4.69) is 0 Å². The fourth-order valence-corrected chi connectivity index (χ4v) is 2.78. The third-order valence-corrected chi connectivity index (χ3v) is 4.35. The number of carbonyl (C=O) groups excluding carboxylic acids is 1. The van der Waals surface area contributed by atoms with Crippen LogP contribution < -0.4 is 5.73 Å². The lowest BCUT2D eigenvalue weighted by Gasteiger charge is -2.16. The molecule has 0 bridgehead atoms. The highest BCUT2D eigenvalue weighted by Crippen LogP contribution is 2.32. The molecule has 2 rings (SSSR count). The Kier molecular flexibility index (Phi) is 6.42. The lowest BCUT2D eigenvalue weighted by Crippen LogP contribution is -2.23. The summed E-state index contributed by atoms with van der Waals surface area (Å²) in [6.07, 6.45) is -3.37. The Hall–Kier alpha value is -2.34. The summed E-state index contributed by atoms with van der Waals surface area (Å²) in [7, 11) is 1.64. The van der Waals surface area contributed by atoms with Crippen molar-refractivity contribution in [3.63, 3.8) is 0 Å². The molecule has 3 nitrogen and oxygen atoms in total. The Morgan fingerprint density at radius 2 is 1.65 bits per heavy atom. The minimum absolute atomic E-state index is 0.0873. The summed E-state index contributed by atoms with van der Waals surface area (Å²) in [5, 5.41) is 0. The van der Waals surface area contributed by atoms with Crippen LogP contribution in [0.15, 0.2) is 48.5 Å². The van der Waals surface area contributed by atoms with Crippen LogP contribution in [0.5, 0.6) is 0 Å². The first-order chi connectivity index (χ1) is 12.2. The van der Waals surface area contributed by atoms with Crippen molar-refractivity contribution in [2.45, 2.75) is 38.0 Å². The van der Waals surface area contributed by atoms with Gasteiger partial charge in [-0.1, -0.05) is 42.5 Å². The maximum absolute atomic E-state index is 12.9. The lowest BCUT2D eigenvalue weighted by atomic mass is 9.90. The summed E-state index contributed by atoms with van der Waals surface area (Å²) in [6, 6.07) is 12.3. The van der Waals surface area contributed by atoms with Crippen LogP contribution in [-0.2, 0) is 28.5 Å². The van der Waals surface area contributed by atoms with Gasteiger partial charge < -0.3 is 10.5 Å². The molecule has 140 valence electrons. The van der Waals surface area contributed by atoms with E-state index in [0.29, 0.717) is 0 Å². The number of hydrogen-bond donors (Lipinski definition) is 1. The van der Waals surface area contributed by atoms with Crippen LogP contribution in [0.25, 0.3) is 0 Å². The molecule has 0 saturated heterocycles. The lowest BCUT2D eigenvalue weighted by molar-refractivity contribution is -0.137. The minimum atomic E-state index is -4.46. The van der Waals surface area contributed by atoms with Crippen LogP contribution in [0.2, 0.25) is 0 Å². The van der Waals surface area contributed by atoms with Crippen molar-refractivity contribution < 1.29 is 22.7 Å². The zero-order chi connectivity index (χ0) is 19.3. The Morgan fingerprint density at radius 3 is 2.15 bits per heavy atom. The zero-order valence-electron chi connectivity index (χ0n) is 14.7. The Morgan fingerprint density at radius 1 is 1.08 bits per heavy atom. The van der Waals surface area contributed by atoms with E-state index in [4.69, 9.17) is 10.5 Å². The quantitative estimate of drug-likeness (QED) is 0.803. The molecule has 0 fully saturated rings. The molecule has 26 heavy (non-hydrogen) atoms. The summed E-state index contributed by atoms with van der Waals surface area (Å²) in [6.45, 7) is 1.96. The van der Waals surface area contributed by atoms with E-state index in [1.54, 1.807) is 7.11 Å². The van der Waals surface area contributed by atoms with Crippen LogP contribution in [-0.4, -0.2) is 19.1 Å². The van der Waals surface area contributed by atoms with Crippen molar-refractivity contribution in [2.24, 2.45) is 5.73 Å². The van der Waals surface area contributed by atoms with Crippen LogP contribution in [0.4, 0.5) is 13.2 Å². The number of ether oxygens (including phenoxy) is 1. The van der Waals surface area contributed by atoms with E-state index in [1.165, 1.54) is 12.1 Å². The van der Waals surface area contributed by atoms with Gasteiger partial charge in [-0.3, -0.25) is 4.79 Å². The van der Waals surface area contributed by atoms with Gasteiger partial charge in [0.25, 0.3) is 0 Å². The van der Waals surface area contributed by atoms with E-state index in [9.17, 15) is 18.0 Å². The molecular weight excluding hydrogens is 343 g/mol. The van der Waals surface area contributed by atoms with Crippen LogP contribution in [0, 0.1) is 0 Å². The molecule has 6 heteroatoms. The van der Waals surface area contributed by atoms with E-state index in [-0.39, 0.29) is 18.1 Å². The minimum Gasteiger partial charge on any atom is -0.381 e. The molecule has 0 heterocycles. The SMILES string of the molecule is COC(C)Cc1ccc(CC(C(N)=O)c2cccc(C(F)(F)F)c2)cc1. The highest BCUT2D eigenvalue weighted by Gasteiger charge is 2.31. The first-order valence-electron chi connectivity index (χ1n) is 8.27. The Labute approximate surface area is 151 Å². The van der Waals surface area contributed by atoms with E-state index < -0.39 is 23.6 Å². The average Bonchev–Trinajstić information content (AvgIpc) is 2.60. The Balaban J connectivity index is 2.20. The van der Waals surface area contributed by atoms with Gasteiger partial charge in [0.15, 0.2) is 0 Å². The van der Waals surface area contributed by atoms with Crippen molar-refractivity contribution >= 4 is 5.91 Å². The number of rotatable bonds is 7. The summed E-state index contributed by atoms with van der Waals surface area (Å²) in [5.41, 5.74) is 6.85. The highest BCUT2D eigenvalue weighted by atomic mass is 19.4. The number of carbonyl (C=O) groups is 1. The molecule has 1 amide bonds. The number of halogens is 3. The number of nitrogens with two attached hydrogens (primary N) is 1. The summed E-state index contributed by atoms with van der Waals surface area (Å²) < 4.78 is 44.0. The second kappa shape index (κ2) is 8.36. The average molecular weight is 365 g/mol. The number of benzene rings is 2. The van der Waals surface area contributed by atoms with Gasteiger partial charge in [-0.05, 0) is 42.5 Å². The molecule has 2 aromatic rings. The maximum atomic E-state index is 12.9. The largest absolute Gasteiger partial charge is 0.416 e. The Bertz CT molecular complexity index is 741. The van der Waals surface area contributed by atoms with Gasteiger partial charge in [0.1, 0.15) is 0 Å². The third-order valence-electron chi connectivity index (χ3n) is 4.35. The number of amides is 1. The monoisotopic (exact) mass is 365 g/mol. The van der Waals surface area contributed by atoms with Gasteiger partial charge in [0, 0.05) is 7.11 Å². The summed E-state index contributed by atoms with van der Waals surface area (Å²) in [4.78, 5) is 11.8. The molecule has 0 radical (unpaired) electrons. The van der Waals surface area contributed by atoms with Crippen LogP contribution >= 0.6 is 0 Å². The summed E-state index contributed by atoms with van der Waals surface area (Å²) in [5.74, 6) is -1.47. The van der Waals surface area contributed by atoms with Crippen molar-refractivity contribution in [3.05, 3.63) is 70.8 Å². The predicted molar refractivity (Wildman–Crippen MR) is 93.7 cm³/mol. The van der Waals surface area contributed by atoms with Gasteiger partial charge in [-0.15, -0.1) is 0 Å². The van der Waals surface area contributed by atoms with Crippen LogP contribution in [0.3, 0.4) is 0 Å². The predicted octanol–water partition coefficient (Wildman–Crippen LogP) is 4.09. The molecule has 2 atom stereocenters. The third kappa shape index (κ3) is 5.33. The molecule has 0 aliphatic heterocycles. The number of hydrogen-bond acceptors (Lipinski definition) is 2. The topological polar surface area (TPSA) is 52.3 Å². The number of methoxy groups -OCH3 is 1. The van der Waals surface area contributed by atoms with E-state index in [1.807, 2.05) is 31.2 Å². The molecule has 0 aliphatic rings. The maximum Gasteiger partial charge on any atom is 0.416 e. The first kappa shape index (κ1) is 20.0. The fraction of sp³-hybridized carbons (Fsp3) is 0.350. The smallest absolute Gasteiger partial charge is 0.381 e. The molecule has 0 spiro atoms. The van der Waals surface area contributed by atoms with Crippen molar-refractivity contribution in [1.29, 1.82) is 0 Å². The summed E-state index contributed by atoms with van der Waals surface area (Å²) >= 11 is 0. The molecule has 0 aromatic heterocycles. The van der Waals surface area contributed by atoms with Crippen molar-refractivity contribution in [2.75, 3.05) is 7.11 Å². The van der Waals surface area contributed by atoms with Gasteiger partial charge in [0.2, 0.25) is 5.91 Å². The second-order valence-corrected chi connectivity index (χ2v) is 6.35. The fourth-order valence-electron chi connectivity index (χ4n) is 2.78. The second-order valence-electron chi connectivity index (χ2n) is 6.35. The number of primary amides is 1. The standard InChI is InChI=1S/C20H22F3NO2/c1-13(26-2)10-14-6-8-15(9-7-14)11-18(19(24)25)16-4-3-5-17(12-16)20(21,22)23/h3-9,12-13,18H,10-11H2,1-2H3,(H2,24,25). The van der Waals surface area contributed by atoms with E-state index in [0.717, 1.165) is 29.7 Å². The molecule has 2 N–H and O–H groups in total. The van der Waals surface area contributed by atoms with Gasteiger partial charge in [0.05, 0.1) is 17.6 Å². The van der Waals surface area contributed by atoms with Gasteiger partial charge >= 0.3 is 6.18 Å².